The van der Waals surface area contributed by atoms with Gasteiger partial charge in [-0.2, -0.15) is 5.10 Å². The van der Waals surface area contributed by atoms with Crippen LogP contribution in [0.5, 0.6) is 0 Å². The molecule has 0 radical (unpaired) electrons. The Kier molecular flexibility index (Phi) is 5.29. The number of fused-ring (bicyclic) bond motifs is 1. The zero-order valence-corrected chi connectivity index (χ0v) is 12.5. The highest BCUT2D eigenvalue weighted by atomic mass is 16.5. The maximum absolute atomic E-state index is 5.65. The van der Waals surface area contributed by atoms with Gasteiger partial charge in [0.25, 0.3) is 0 Å². The third kappa shape index (κ3) is 3.45. The zero-order valence-electron chi connectivity index (χ0n) is 12.5. The highest BCUT2D eigenvalue weighted by Gasteiger charge is 2.10. The number of aryl methyl sites for hydroxylation is 1. The van der Waals surface area contributed by atoms with Crippen LogP contribution in [-0.4, -0.2) is 33.4 Å². The van der Waals surface area contributed by atoms with Crippen LogP contribution in [0, 0.1) is 0 Å². The molecule has 0 fully saturated rings. The van der Waals surface area contributed by atoms with E-state index in [1.54, 1.807) is 10.9 Å². The third-order valence-electron chi connectivity index (χ3n) is 3.25. The summed E-state index contributed by atoms with van der Waals surface area (Å²) in [6.07, 6.45) is 6.60. The summed E-state index contributed by atoms with van der Waals surface area (Å²) in [4.78, 5) is 8.97. The first-order chi connectivity index (χ1) is 9.76. The van der Waals surface area contributed by atoms with Gasteiger partial charge in [0, 0.05) is 20.7 Å². The van der Waals surface area contributed by atoms with Crippen LogP contribution >= 0.6 is 0 Å². The standard InChI is InChI=1S/C14H23N5O/c1-4-5-6-7-8-20-10-12-17-13(15-2)11-9-16-19(3)14(11)18-12/h9H,4-8,10H2,1-3H3,(H,15,17,18). The summed E-state index contributed by atoms with van der Waals surface area (Å²) in [5, 5.41) is 8.22. The summed E-state index contributed by atoms with van der Waals surface area (Å²) in [6.45, 7) is 3.42. The lowest BCUT2D eigenvalue weighted by Crippen LogP contribution is -2.05. The fourth-order valence-electron chi connectivity index (χ4n) is 2.12. The quantitative estimate of drug-likeness (QED) is 0.751. The first kappa shape index (κ1) is 14.7. The minimum Gasteiger partial charge on any atom is -0.373 e. The Bertz CT molecular complexity index is 552. The SMILES string of the molecule is CCCCCCOCc1nc(NC)c2cnn(C)c2n1. The summed E-state index contributed by atoms with van der Waals surface area (Å²) in [6, 6.07) is 0. The Morgan fingerprint density at radius 2 is 2.10 bits per heavy atom. The molecule has 0 aliphatic carbocycles. The molecule has 0 bridgehead atoms. The number of hydrogen-bond donors (Lipinski definition) is 1. The van der Waals surface area contributed by atoms with Gasteiger partial charge in [0.2, 0.25) is 0 Å². The normalized spacial score (nSPS) is 11.2. The molecule has 0 unspecified atom stereocenters. The molecule has 1 N–H and O–H groups in total. The molecular weight excluding hydrogens is 254 g/mol. The third-order valence-corrected chi connectivity index (χ3v) is 3.25. The second-order valence-electron chi connectivity index (χ2n) is 4.86. The van der Waals surface area contributed by atoms with E-state index in [1.807, 2.05) is 14.1 Å². The van der Waals surface area contributed by atoms with Gasteiger partial charge >= 0.3 is 0 Å². The summed E-state index contributed by atoms with van der Waals surface area (Å²) in [5.74, 6) is 1.49. The Morgan fingerprint density at radius 3 is 2.85 bits per heavy atom. The van der Waals surface area contributed by atoms with Gasteiger partial charge < -0.3 is 10.1 Å². The van der Waals surface area contributed by atoms with Gasteiger partial charge in [0.05, 0.1) is 11.6 Å². The molecule has 2 heterocycles. The molecule has 110 valence electrons. The first-order valence-corrected chi connectivity index (χ1v) is 7.20. The molecular formula is C14H23N5O. The molecule has 0 amide bonds. The van der Waals surface area contributed by atoms with E-state index in [0.29, 0.717) is 12.4 Å². The summed E-state index contributed by atoms with van der Waals surface area (Å²) < 4.78 is 7.40. The minimum absolute atomic E-state index is 0.446. The number of rotatable bonds is 8. The Hall–Kier alpha value is -1.69. The van der Waals surface area contributed by atoms with Crippen molar-refractivity contribution in [2.75, 3.05) is 19.0 Å². The second kappa shape index (κ2) is 7.19. The van der Waals surface area contributed by atoms with E-state index in [-0.39, 0.29) is 0 Å². The molecule has 0 saturated heterocycles. The topological polar surface area (TPSA) is 64.9 Å². The molecule has 0 aliphatic rings. The summed E-state index contributed by atoms with van der Waals surface area (Å²) in [7, 11) is 3.73. The molecule has 6 heteroatoms. The number of nitrogens with zero attached hydrogens (tertiary/aromatic N) is 4. The molecule has 6 nitrogen and oxygen atoms in total. The van der Waals surface area contributed by atoms with Crippen LogP contribution in [0.25, 0.3) is 11.0 Å². The van der Waals surface area contributed by atoms with Crippen LogP contribution in [0.1, 0.15) is 38.4 Å². The van der Waals surface area contributed by atoms with Gasteiger partial charge in [-0.25, -0.2) is 9.97 Å². The number of ether oxygens (including phenoxy) is 1. The predicted octanol–water partition coefficient (Wildman–Crippen LogP) is 2.50. The lowest BCUT2D eigenvalue weighted by atomic mass is 10.2. The van der Waals surface area contributed by atoms with Gasteiger partial charge in [-0.15, -0.1) is 0 Å². The number of nitrogens with one attached hydrogen (secondary N) is 1. The molecule has 0 spiro atoms. The van der Waals surface area contributed by atoms with Crippen LogP contribution in [0.4, 0.5) is 5.82 Å². The Morgan fingerprint density at radius 1 is 1.25 bits per heavy atom. The van der Waals surface area contributed by atoms with Crippen LogP contribution in [0.3, 0.4) is 0 Å². The average molecular weight is 277 g/mol. The number of hydrogen-bond acceptors (Lipinski definition) is 5. The fourth-order valence-corrected chi connectivity index (χ4v) is 2.12. The number of anilines is 1. The maximum atomic E-state index is 5.65. The Labute approximate surface area is 119 Å². The van der Waals surface area contributed by atoms with Crippen molar-refractivity contribution in [3.8, 4) is 0 Å². The first-order valence-electron chi connectivity index (χ1n) is 7.20. The van der Waals surface area contributed by atoms with Crippen molar-refractivity contribution in [1.29, 1.82) is 0 Å². The Balaban J connectivity index is 1.98. The van der Waals surface area contributed by atoms with E-state index in [1.165, 1.54) is 19.3 Å². The lowest BCUT2D eigenvalue weighted by molar-refractivity contribution is 0.112. The zero-order chi connectivity index (χ0) is 14.4. The van der Waals surface area contributed by atoms with Gasteiger partial charge in [0.15, 0.2) is 11.5 Å². The van der Waals surface area contributed by atoms with E-state index in [2.05, 4.69) is 27.3 Å². The number of aromatic nitrogens is 4. The number of unbranched alkanes of at least 4 members (excludes halogenated alkanes) is 3. The largest absolute Gasteiger partial charge is 0.373 e. The van der Waals surface area contributed by atoms with Crippen molar-refractivity contribution >= 4 is 16.9 Å². The molecule has 0 aromatic carbocycles. The second-order valence-corrected chi connectivity index (χ2v) is 4.86. The molecule has 0 saturated carbocycles. The van der Waals surface area contributed by atoms with E-state index in [9.17, 15) is 0 Å². The molecule has 0 aliphatic heterocycles. The molecule has 2 rings (SSSR count). The van der Waals surface area contributed by atoms with Crippen molar-refractivity contribution in [3.63, 3.8) is 0 Å². The fraction of sp³-hybridized carbons (Fsp3) is 0.643. The smallest absolute Gasteiger partial charge is 0.163 e. The highest BCUT2D eigenvalue weighted by molar-refractivity contribution is 5.86. The van der Waals surface area contributed by atoms with Gasteiger partial charge in [-0.05, 0) is 6.42 Å². The van der Waals surface area contributed by atoms with E-state index in [4.69, 9.17) is 4.74 Å². The monoisotopic (exact) mass is 277 g/mol. The molecule has 2 aromatic rings. The van der Waals surface area contributed by atoms with Crippen molar-refractivity contribution in [2.45, 2.75) is 39.2 Å². The van der Waals surface area contributed by atoms with Crippen LogP contribution in [-0.2, 0) is 18.4 Å². The van der Waals surface area contributed by atoms with E-state index >= 15 is 0 Å². The van der Waals surface area contributed by atoms with Gasteiger partial charge in [0.1, 0.15) is 12.4 Å². The average Bonchev–Trinajstić information content (AvgIpc) is 2.84. The predicted molar refractivity (Wildman–Crippen MR) is 79.6 cm³/mol. The van der Waals surface area contributed by atoms with Crippen molar-refractivity contribution in [2.24, 2.45) is 7.05 Å². The molecule has 2 aromatic heterocycles. The molecule has 0 atom stereocenters. The molecule has 20 heavy (non-hydrogen) atoms. The highest BCUT2D eigenvalue weighted by Crippen LogP contribution is 2.19. The maximum Gasteiger partial charge on any atom is 0.163 e. The summed E-state index contributed by atoms with van der Waals surface area (Å²) >= 11 is 0. The van der Waals surface area contributed by atoms with Gasteiger partial charge in [-0.3, -0.25) is 4.68 Å². The van der Waals surface area contributed by atoms with Crippen molar-refractivity contribution in [1.82, 2.24) is 19.7 Å². The summed E-state index contributed by atoms with van der Waals surface area (Å²) in [5.41, 5.74) is 0.828. The van der Waals surface area contributed by atoms with E-state index < -0.39 is 0 Å². The van der Waals surface area contributed by atoms with Crippen LogP contribution < -0.4 is 5.32 Å². The van der Waals surface area contributed by atoms with Crippen molar-refractivity contribution in [3.05, 3.63) is 12.0 Å². The van der Waals surface area contributed by atoms with Crippen LogP contribution in [0.15, 0.2) is 6.20 Å². The van der Waals surface area contributed by atoms with Gasteiger partial charge in [-0.1, -0.05) is 26.2 Å². The van der Waals surface area contributed by atoms with Crippen molar-refractivity contribution < 1.29 is 4.74 Å². The van der Waals surface area contributed by atoms with Crippen LogP contribution in [0.2, 0.25) is 0 Å². The minimum atomic E-state index is 0.446. The lowest BCUT2D eigenvalue weighted by Gasteiger charge is -2.07. The van der Waals surface area contributed by atoms with E-state index in [0.717, 1.165) is 29.9 Å².